The average molecular weight is 567 g/mol. The van der Waals surface area contributed by atoms with Crippen molar-refractivity contribution in [3.8, 4) is 11.5 Å². The Kier molecular flexibility index (Phi) is 8.89. The summed E-state index contributed by atoms with van der Waals surface area (Å²) in [6.45, 7) is 7.48. The van der Waals surface area contributed by atoms with Gasteiger partial charge in [-0.05, 0) is 61.6 Å². The number of aliphatic imine (C=N–C) groups is 1. The fourth-order valence-electron chi connectivity index (χ4n) is 5.04. The summed E-state index contributed by atoms with van der Waals surface area (Å²) in [7, 11) is 0. The zero-order valence-electron chi connectivity index (χ0n) is 23.5. The molecule has 5 rings (SSSR count). The van der Waals surface area contributed by atoms with E-state index in [2.05, 4.69) is 5.32 Å². The van der Waals surface area contributed by atoms with Crippen LogP contribution >= 0.6 is 11.8 Å². The summed E-state index contributed by atoms with van der Waals surface area (Å²) in [5, 5.41) is 5.75. The van der Waals surface area contributed by atoms with E-state index in [1.807, 2.05) is 121 Å². The first kappa shape index (κ1) is 28.2. The molecular weight excluding hydrogens is 532 g/mol. The van der Waals surface area contributed by atoms with Crippen molar-refractivity contribution in [3.05, 3.63) is 118 Å². The number of nitrogens with zero attached hydrogens (tertiary/aromatic N) is 3. The number of nitrogens with one attached hydrogen (secondary N) is 1. The van der Waals surface area contributed by atoms with Gasteiger partial charge in [-0.2, -0.15) is 0 Å². The molecule has 2 aliphatic heterocycles. The molecule has 1 atom stereocenters. The summed E-state index contributed by atoms with van der Waals surface area (Å²) < 4.78 is 6.15. The number of fused-ring (bicyclic) bond motifs is 1. The molecule has 3 aromatic carbocycles. The van der Waals surface area contributed by atoms with Crippen LogP contribution in [0.1, 0.15) is 44.4 Å². The molecular formula is C33H34N4O3S. The van der Waals surface area contributed by atoms with Gasteiger partial charge in [-0.1, -0.05) is 72.4 Å². The van der Waals surface area contributed by atoms with Crippen molar-refractivity contribution in [2.75, 3.05) is 13.1 Å². The smallest absolute Gasteiger partial charge is 0.254 e. The third kappa shape index (κ3) is 6.38. The Morgan fingerprint density at radius 2 is 1.63 bits per heavy atom. The summed E-state index contributed by atoms with van der Waals surface area (Å²) in [6.07, 6.45) is 0.168. The Morgan fingerprint density at radius 1 is 0.951 bits per heavy atom. The molecule has 0 unspecified atom stereocenters. The lowest BCUT2D eigenvalue weighted by Gasteiger charge is -2.38. The number of amidine groups is 1. The van der Waals surface area contributed by atoms with E-state index < -0.39 is 6.04 Å². The van der Waals surface area contributed by atoms with Crippen LogP contribution in [0.4, 0.5) is 0 Å². The molecule has 41 heavy (non-hydrogen) atoms. The molecule has 0 aromatic heterocycles. The number of carbonyl (C=O) groups excluding carboxylic acids is 2. The highest BCUT2D eigenvalue weighted by atomic mass is 32.2. The topological polar surface area (TPSA) is 74.2 Å². The second kappa shape index (κ2) is 12.9. The van der Waals surface area contributed by atoms with E-state index in [4.69, 9.17) is 9.73 Å². The summed E-state index contributed by atoms with van der Waals surface area (Å²) in [6, 6.07) is 26.8. The summed E-state index contributed by atoms with van der Waals surface area (Å²) in [5.41, 5.74) is 4.01. The molecule has 2 heterocycles. The fraction of sp³-hybridized carbons (Fsp3) is 0.242. The van der Waals surface area contributed by atoms with Gasteiger partial charge in [-0.25, -0.2) is 4.99 Å². The van der Waals surface area contributed by atoms with Crippen LogP contribution in [0.15, 0.2) is 112 Å². The molecule has 3 aromatic rings. The minimum atomic E-state index is -0.460. The van der Waals surface area contributed by atoms with Crippen LogP contribution in [0.5, 0.6) is 11.5 Å². The highest BCUT2D eigenvalue weighted by Crippen LogP contribution is 2.45. The molecule has 0 saturated heterocycles. The molecule has 0 radical (unpaired) electrons. The van der Waals surface area contributed by atoms with Crippen molar-refractivity contribution in [3.63, 3.8) is 0 Å². The first-order valence-corrected chi connectivity index (χ1v) is 14.7. The molecule has 0 aliphatic carbocycles. The summed E-state index contributed by atoms with van der Waals surface area (Å²) in [4.78, 5) is 35.7. The van der Waals surface area contributed by atoms with Gasteiger partial charge in [0.2, 0.25) is 5.91 Å². The summed E-state index contributed by atoms with van der Waals surface area (Å²) in [5.74, 6) is 1.25. The van der Waals surface area contributed by atoms with Gasteiger partial charge < -0.3 is 19.9 Å². The molecule has 2 amide bonds. The Bertz CT molecular complexity index is 1500. The zero-order valence-corrected chi connectivity index (χ0v) is 24.4. The highest BCUT2D eigenvalue weighted by molar-refractivity contribution is 8.16. The average Bonchev–Trinajstić information content (AvgIpc) is 3.38. The van der Waals surface area contributed by atoms with Crippen molar-refractivity contribution >= 4 is 28.7 Å². The van der Waals surface area contributed by atoms with E-state index in [0.29, 0.717) is 36.7 Å². The number of ether oxygens (including phenoxy) is 1. The number of allylic oxidation sites excluding steroid dienone is 1. The van der Waals surface area contributed by atoms with Gasteiger partial charge in [0.05, 0.1) is 23.7 Å². The zero-order chi connectivity index (χ0) is 28.8. The third-order valence-corrected chi connectivity index (χ3v) is 8.00. The van der Waals surface area contributed by atoms with Crippen molar-refractivity contribution in [1.29, 1.82) is 0 Å². The number of likely N-dealkylation sites (N-methyl/N-ethyl adjacent to an activating group) is 1. The van der Waals surface area contributed by atoms with E-state index in [1.54, 1.807) is 0 Å². The van der Waals surface area contributed by atoms with Gasteiger partial charge in [0.25, 0.3) is 5.91 Å². The molecule has 0 fully saturated rings. The maximum Gasteiger partial charge on any atom is 0.254 e. The maximum absolute atomic E-state index is 13.9. The van der Waals surface area contributed by atoms with E-state index in [1.165, 1.54) is 11.8 Å². The summed E-state index contributed by atoms with van der Waals surface area (Å²) >= 11 is 1.48. The SMILES string of the molecule is CCN(CC)C(=O)C1=C(C)N=C2SC=C(CC(=O)NCc3ccccc3)N2[C@H]1c1cccc(Oc2ccccc2)c1. The van der Waals surface area contributed by atoms with Gasteiger partial charge in [0.15, 0.2) is 5.17 Å². The van der Waals surface area contributed by atoms with Crippen LogP contribution in [0.3, 0.4) is 0 Å². The Hall–Kier alpha value is -4.30. The molecule has 8 heteroatoms. The fourth-order valence-corrected chi connectivity index (χ4v) is 6.00. The second-order valence-corrected chi connectivity index (χ2v) is 10.6. The van der Waals surface area contributed by atoms with E-state index in [0.717, 1.165) is 27.7 Å². The number of hydrogen-bond donors (Lipinski definition) is 1. The van der Waals surface area contributed by atoms with Crippen molar-refractivity contribution in [1.82, 2.24) is 15.1 Å². The van der Waals surface area contributed by atoms with Crippen molar-refractivity contribution < 1.29 is 14.3 Å². The minimum absolute atomic E-state index is 0.0561. The number of amides is 2. The Labute approximate surface area is 245 Å². The van der Waals surface area contributed by atoms with Gasteiger partial charge >= 0.3 is 0 Å². The van der Waals surface area contributed by atoms with Gasteiger partial charge in [0.1, 0.15) is 11.5 Å². The van der Waals surface area contributed by atoms with E-state index in [-0.39, 0.29) is 18.2 Å². The largest absolute Gasteiger partial charge is 0.457 e. The Balaban J connectivity index is 1.47. The number of carbonyl (C=O) groups is 2. The van der Waals surface area contributed by atoms with Crippen molar-refractivity contribution in [2.24, 2.45) is 4.99 Å². The van der Waals surface area contributed by atoms with E-state index in [9.17, 15) is 9.59 Å². The number of benzene rings is 3. The standard InChI is InChI=1S/C33H34N4O3S/c1-4-36(5-2)32(39)30-23(3)35-33-37(26(22-41-33)20-29(38)34-21-24-13-8-6-9-14-24)31(30)25-15-12-18-28(19-25)40-27-16-10-7-11-17-27/h6-19,22,31H,4-5,20-21H2,1-3H3,(H,34,38)/t31-/m0/s1. The maximum atomic E-state index is 13.9. The predicted molar refractivity (Wildman–Crippen MR) is 164 cm³/mol. The molecule has 1 N–H and O–H groups in total. The van der Waals surface area contributed by atoms with Crippen molar-refractivity contribution in [2.45, 2.75) is 39.8 Å². The second-order valence-electron chi connectivity index (χ2n) is 9.80. The number of rotatable bonds is 10. The molecule has 210 valence electrons. The molecule has 7 nitrogen and oxygen atoms in total. The number of hydrogen-bond acceptors (Lipinski definition) is 6. The van der Waals surface area contributed by atoms with Crippen LogP contribution in [0.2, 0.25) is 0 Å². The monoisotopic (exact) mass is 566 g/mol. The van der Waals surface area contributed by atoms with Gasteiger partial charge in [-0.15, -0.1) is 0 Å². The predicted octanol–water partition coefficient (Wildman–Crippen LogP) is 6.63. The molecule has 0 spiro atoms. The molecule has 2 aliphatic rings. The number of para-hydroxylation sites is 1. The van der Waals surface area contributed by atoms with Crippen LogP contribution in [0, 0.1) is 0 Å². The molecule has 0 saturated carbocycles. The normalized spacial score (nSPS) is 16.1. The number of thioether (sulfide) groups is 1. The van der Waals surface area contributed by atoms with Crippen LogP contribution in [-0.2, 0) is 16.1 Å². The quantitative estimate of drug-likeness (QED) is 0.298. The Morgan fingerprint density at radius 3 is 2.34 bits per heavy atom. The third-order valence-electron chi connectivity index (χ3n) is 7.11. The lowest BCUT2D eigenvalue weighted by Crippen LogP contribution is -2.42. The van der Waals surface area contributed by atoms with Crippen LogP contribution < -0.4 is 10.1 Å². The first-order chi connectivity index (χ1) is 20.0. The lowest BCUT2D eigenvalue weighted by atomic mass is 9.92. The van der Waals surface area contributed by atoms with Crippen LogP contribution in [0.25, 0.3) is 0 Å². The lowest BCUT2D eigenvalue weighted by molar-refractivity contribution is -0.127. The van der Waals surface area contributed by atoms with Gasteiger partial charge in [-0.3, -0.25) is 9.59 Å². The highest BCUT2D eigenvalue weighted by Gasteiger charge is 2.41. The van der Waals surface area contributed by atoms with E-state index >= 15 is 0 Å². The minimum Gasteiger partial charge on any atom is -0.457 e. The van der Waals surface area contributed by atoms with Crippen LogP contribution in [-0.4, -0.2) is 39.9 Å². The first-order valence-electron chi connectivity index (χ1n) is 13.9. The molecule has 0 bridgehead atoms. The van der Waals surface area contributed by atoms with Gasteiger partial charge in [0, 0.05) is 25.3 Å².